The lowest BCUT2D eigenvalue weighted by molar-refractivity contribution is -0.141. The number of hydrogen-bond donors (Lipinski definition) is 4. The SMILES string of the molecule is Cc1ccc(NC(=O)c2cc(-c3cccc4c3C(C)(C)C(=O)N4c3cnc[nH]3)ccc2C(F)(F)F)cc1.Cc1ccc(NC(=O)c2cc(-c3ccnc4c3C(C)(C)C(=O)N4c3ccccn3)cnc2C(F)(F)F)cc1F.Cc1ccc(NC(=O)c2nc(-c3cccc4c3C(C)(C)C(=O)N4c3ncccn3)ccc2C(F)(F)F)cc1. The fourth-order valence-electron chi connectivity index (χ4n) is 13.8. The summed E-state index contributed by atoms with van der Waals surface area (Å²) in [4.78, 5) is 116. The topological polar surface area (TPSA) is 254 Å². The molecular weight excluding hydrogens is 1490 g/mol. The van der Waals surface area contributed by atoms with E-state index < -0.39 is 92.0 Å². The minimum atomic E-state index is -4.94. The van der Waals surface area contributed by atoms with E-state index in [0.29, 0.717) is 78.9 Å². The summed E-state index contributed by atoms with van der Waals surface area (Å²) >= 11 is 0. The van der Waals surface area contributed by atoms with Crippen LogP contribution in [0.15, 0.2) is 213 Å². The molecule has 30 heteroatoms. The number of alkyl halides is 9. The third-order valence-corrected chi connectivity index (χ3v) is 19.5. The van der Waals surface area contributed by atoms with Gasteiger partial charge in [0.2, 0.25) is 23.7 Å². The molecule has 0 saturated carbocycles. The minimum Gasteiger partial charge on any atom is -0.331 e. The van der Waals surface area contributed by atoms with Crippen LogP contribution in [0.1, 0.15) is 123 Å². The van der Waals surface area contributed by atoms with Crippen LogP contribution in [-0.4, -0.2) is 75.3 Å². The third-order valence-electron chi connectivity index (χ3n) is 19.5. The van der Waals surface area contributed by atoms with Crippen LogP contribution < -0.4 is 30.7 Å². The van der Waals surface area contributed by atoms with Crippen LogP contribution in [-0.2, 0) is 49.2 Å². The Morgan fingerprint density at radius 2 is 0.982 bits per heavy atom. The number of amides is 6. The molecule has 4 N–H and O–H groups in total. The molecule has 6 amide bonds. The molecule has 0 spiro atoms. The predicted molar refractivity (Wildman–Crippen MR) is 407 cm³/mol. The maximum atomic E-state index is 14.0. The Balaban J connectivity index is 0.000000149. The zero-order valence-electron chi connectivity index (χ0n) is 61.9. The summed E-state index contributed by atoms with van der Waals surface area (Å²) in [6, 6.07) is 42.4. The second-order valence-electron chi connectivity index (χ2n) is 28.5. The molecule has 0 saturated heterocycles. The molecule has 9 heterocycles. The van der Waals surface area contributed by atoms with Gasteiger partial charge in [0, 0.05) is 70.3 Å². The molecule has 0 bridgehead atoms. The molecule has 6 aromatic heterocycles. The second-order valence-corrected chi connectivity index (χ2v) is 28.5. The van der Waals surface area contributed by atoms with Crippen LogP contribution in [0.3, 0.4) is 0 Å². The molecule has 0 atom stereocenters. The van der Waals surface area contributed by atoms with E-state index in [4.69, 9.17) is 0 Å². The first-order chi connectivity index (χ1) is 53.9. The van der Waals surface area contributed by atoms with Crippen molar-refractivity contribution in [1.29, 1.82) is 0 Å². The molecule has 15 rings (SSSR count). The molecule has 114 heavy (non-hydrogen) atoms. The Morgan fingerprint density at radius 3 is 1.58 bits per heavy atom. The van der Waals surface area contributed by atoms with Crippen molar-refractivity contribution in [2.45, 2.75) is 97.1 Å². The number of aromatic nitrogens is 8. The number of rotatable bonds is 12. The summed E-state index contributed by atoms with van der Waals surface area (Å²) in [6.45, 7) is 15.6. The number of hydrogen-bond acceptors (Lipinski definition) is 13. The molecular formula is C84H66F10N14O6. The third kappa shape index (κ3) is 15.0. The number of H-pyrrole nitrogens is 1. The van der Waals surface area contributed by atoms with Gasteiger partial charge in [-0.25, -0.2) is 44.1 Å². The van der Waals surface area contributed by atoms with Gasteiger partial charge in [-0.15, -0.1) is 0 Å². The summed E-state index contributed by atoms with van der Waals surface area (Å²) in [7, 11) is 0. The van der Waals surface area contributed by atoms with E-state index in [1.807, 2.05) is 13.8 Å². The smallest absolute Gasteiger partial charge is 0.331 e. The van der Waals surface area contributed by atoms with Crippen molar-refractivity contribution in [2.75, 3.05) is 30.7 Å². The lowest BCUT2D eigenvalue weighted by Gasteiger charge is -2.21. The van der Waals surface area contributed by atoms with Gasteiger partial charge in [0.25, 0.3) is 17.7 Å². The molecule has 3 aliphatic heterocycles. The molecule has 6 aromatic carbocycles. The number of halogens is 10. The number of aromatic amines is 1. The highest BCUT2D eigenvalue weighted by Crippen LogP contribution is 2.53. The molecule has 0 unspecified atom stereocenters. The van der Waals surface area contributed by atoms with Gasteiger partial charge in [0.05, 0.1) is 68.1 Å². The van der Waals surface area contributed by atoms with Gasteiger partial charge in [-0.2, -0.15) is 39.5 Å². The van der Waals surface area contributed by atoms with E-state index in [-0.39, 0.29) is 46.4 Å². The van der Waals surface area contributed by atoms with E-state index in [2.05, 4.69) is 55.8 Å². The lowest BCUT2D eigenvalue weighted by Crippen LogP contribution is -2.34. The van der Waals surface area contributed by atoms with Gasteiger partial charge in [-0.1, -0.05) is 77.9 Å². The number of pyridine rings is 4. The van der Waals surface area contributed by atoms with E-state index in [9.17, 15) is 72.7 Å². The van der Waals surface area contributed by atoms with Gasteiger partial charge >= 0.3 is 18.5 Å². The maximum absolute atomic E-state index is 14.0. The summed E-state index contributed by atoms with van der Waals surface area (Å²) in [6.07, 6.45) is -4.49. The van der Waals surface area contributed by atoms with Crippen LogP contribution in [0.25, 0.3) is 33.5 Å². The van der Waals surface area contributed by atoms with Crippen molar-refractivity contribution in [2.24, 2.45) is 0 Å². The van der Waals surface area contributed by atoms with Gasteiger partial charge in [-0.05, 0) is 193 Å². The number of carbonyl (C=O) groups excluding carboxylic acids is 6. The van der Waals surface area contributed by atoms with Gasteiger partial charge < -0.3 is 20.9 Å². The van der Waals surface area contributed by atoms with Crippen LogP contribution in [0, 0.1) is 26.6 Å². The first-order valence-electron chi connectivity index (χ1n) is 35.0. The Kier molecular flexibility index (Phi) is 20.6. The molecule has 0 radical (unpaired) electrons. The van der Waals surface area contributed by atoms with Crippen molar-refractivity contribution in [1.82, 2.24) is 39.9 Å². The average Bonchev–Trinajstić information content (AvgIpc) is 1.58. The van der Waals surface area contributed by atoms with Crippen molar-refractivity contribution < 1.29 is 72.7 Å². The number of fused-ring (bicyclic) bond motifs is 3. The van der Waals surface area contributed by atoms with Crippen molar-refractivity contribution in [3.05, 3.63) is 286 Å². The van der Waals surface area contributed by atoms with Crippen LogP contribution >= 0.6 is 0 Å². The molecule has 578 valence electrons. The van der Waals surface area contributed by atoms with Gasteiger partial charge in [0.15, 0.2) is 5.69 Å². The van der Waals surface area contributed by atoms with E-state index >= 15 is 0 Å². The highest BCUT2D eigenvalue weighted by molar-refractivity contribution is 6.16. The van der Waals surface area contributed by atoms with Crippen molar-refractivity contribution in [3.63, 3.8) is 0 Å². The Bertz CT molecular complexity index is 5800. The highest BCUT2D eigenvalue weighted by Gasteiger charge is 2.51. The first kappa shape index (κ1) is 78.5. The Hall–Kier alpha value is -13.7. The van der Waals surface area contributed by atoms with Gasteiger partial charge in [-0.3, -0.25) is 38.7 Å². The van der Waals surface area contributed by atoms with E-state index in [1.165, 1.54) is 89.3 Å². The summed E-state index contributed by atoms with van der Waals surface area (Å²) in [5.74, 6) is -3.14. The maximum Gasteiger partial charge on any atom is 0.434 e. The van der Waals surface area contributed by atoms with Crippen LogP contribution in [0.4, 0.5) is 95.7 Å². The second kappa shape index (κ2) is 29.9. The predicted octanol–water partition coefficient (Wildman–Crippen LogP) is 18.9. The number of nitrogens with zero attached hydrogens (tertiary/aromatic N) is 10. The number of carbonyl (C=O) groups is 6. The van der Waals surface area contributed by atoms with E-state index in [0.717, 1.165) is 41.6 Å². The lowest BCUT2D eigenvalue weighted by atomic mass is 9.81. The molecule has 12 aromatic rings. The zero-order chi connectivity index (χ0) is 81.9. The summed E-state index contributed by atoms with van der Waals surface area (Å²) < 4.78 is 139. The van der Waals surface area contributed by atoms with Crippen LogP contribution in [0.5, 0.6) is 0 Å². The highest BCUT2D eigenvalue weighted by atomic mass is 19.4. The van der Waals surface area contributed by atoms with Crippen molar-refractivity contribution in [3.8, 4) is 33.5 Å². The molecule has 3 aliphatic rings. The van der Waals surface area contributed by atoms with E-state index in [1.54, 1.807) is 157 Å². The zero-order valence-corrected chi connectivity index (χ0v) is 61.9. The standard InChI is InChI=1S/C28H21F4N5O2.C28H22F3N5O2.C28H23F3N4O2/c1-15-7-8-17(13-20(15)29)36-25(38)19-12-16(14-35-23(19)28(30,31)32)18-9-11-34-24-22(18)27(2,3)26(39)37(24)21-6-4-5-10-33-21;1-16-8-10-17(11-9-16)34-24(37)23-19(28(29,30)31)12-13-20(35-23)18-6-4-7-21-22(18)27(2,3)25(38)36(21)26-32-14-5-15-33-26;1-16-7-10-18(11-8-16)34-25(36)20-13-17(9-12-21(20)28(29,30)31)19-5-4-6-22-24(19)27(2,3)26(37)35(22)23-14-32-15-33-23/h4-14H,1-3H3,(H,36,38);4-15H,1-3H3,(H,34,37);4-15H,1-3H3,(H,32,33)(H,34,36). The number of imidazole rings is 1. The normalized spacial score (nSPS) is 14.4. The molecule has 0 fully saturated rings. The average molecular weight is 1560 g/mol. The first-order valence-corrected chi connectivity index (χ1v) is 35.0. The molecule has 20 nitrogen and oxygen atoms in total. The fraction of sp³-hybridized carbons (Fsp3) is 0.179. The minimum absolute atomic E-state index is 0.0100. The van der Waals surface area contributed by atoms with Crippen molar-refractivity contribution >= 4 is 87.3 Å². The quantitative estimate of drug-likeness (QED) is 0.0831. The number of benzene rings is 6. The number of anilines is 9. The summed E-state index contributed by atoms with van der Waals surface area (Å²) in [5.41, 5.74) is -1.05. The largest absolute Gasteiger partial charge is 0.434 e. The summed E-state index contributed by atoms with van der Waals surface area (Å²) in [5, 5.41) is 7.39. The Labute approximate surface area is 644 Å². The number of nitrogens with one attached hydrogen (secondary N) is 4. The molecule has 0 aliphatic carbocycles. The van der Waals surface area contributed by atoms with Gasteiger partial charge in [0.1, 0.15) is 29.0 Å². The Morgan fingerprint density at radius 1 is 0.447 bits per heavy atom. The fourth-order valence-corrected chi connectivity index (χ4v) is 13.8. The monoisotopic (exact) mass is 1560 g/mol. The van der Waals surface area contributed by atoms with Crippen LogP contribution in [0.2, 0.25) is 0 Å². The number of aryl methyl sites for hydroxylation is 3.